The molecule has 14 amide bonds. The molecule has 568 valence electrons. The summed E-state index contributed by atoms with van der Waals surface area (Å²) < 4.78 is 0. The molecule has 27 N–H and O–H groups in total. The summed E-state index contributed by atoms with van der Waals surface area (Å²) in [6.45, 7) is 5.65. The summed E-state index contributed by atoms with van der Waals surface area (Å²) in [7, 11) is 0. The maximum atomic E-state index is 14.9. The van der Waals surface area contributed by atoms with Gasteiger partial charge >= 0.3 is 5.97 Å². The fraction of sp³-hybridized carbons (Fsp3) is 0.545. The summed E-state index contributed by atoms with van der Waals surface area (Å²) >= 11 is 0. The maximum absolute atomic E-state index is 14.9. The van der Waals surface area contributed by atoms with Gasteiger partial charge in [0.1, 0.15) is 60.4 Å². The molecular weight excluding hydrogens is 1340 g/mol. The molecule has 3 aromatic rings. The number of hydrogen-bond acceptors (Lipinski definition) is 19. The van der Waals surface area contributed by atoms with Gasteiger partial charge < -0.3 is 113 Å². The van der Waals surface area contributed by atoms with Crippen LogP contribution < -0.4 is 98.2 Å². The van der Waals surface area contributed by atoms with Gasteiger partial charge in [-0.25, -0.2) is 0 Å². The molecule has 0 saturated carbocycles. The lowest BCUT2D eigenvalue weighted by atomic mass is 9.99. The van der Waals surface area contributed by atoms with Crippen molar-refractivity contribution in [3.05, 3.63) is 71.9 Å². The molecule has 0 unspecified atom stereocenters. The van der Waals surface area contributed by atoms with Gasteiger partial charge in [-0.05, 0) is 100 Å². The van der Waals surface area contributed by atoms with E-state index in [2.05, 4.69) is 73.8 Å². The smallest absolute Gasteiger partial charge is 0.325 e. The van der Waals surface area contributed by atoms with Crippen LogP contribution in [0, 0.1) is 11.8 Å². The van der Waals surface area contributed by atoms with Crippen molar-refractivity contribution in [2.45, 2.75) is 179 Å². The molecule has 0 aliphatic heterocycles. The van der Waals surface area contributed by atoms with Gasteiger partial charge in [0, 0.05) is 49.3 Å². The van der Waals surface area contributed by atoms with Gasteiger partial charge in [0.25, 0.3) is 0 Å². The molecule has 0 aliphatic rings. The van der Waals surface area contributed by atoms with Gasteiger partial charge in [0.05, 0.1) is 26.2 Å². The molecule has 0 fully saturated rings. The first-order valence-corrected chi connectivity index (χ1v) is 33.8. The van der Waals surface area contributed by atoms with E-state index < -0.39 is 201 Å². The number of guanidine groups is 1. The zero-order valence-corrected chi connectivity index (χ0v) is 58.6. The monoisotopic (exact) mass is 1450 g/mol. The fourth-order valence-corrected chi connectivity index (χ4v) is 10.4. The Morgan fingerprint density at radius 3 is 1.37 bits per heavy atom. The second kappa shape index (κ2) is 45.1. The molecule has 0 aliphatic carbocycles. The molecule has 3 rings (SSSR count). The number of benzene rings is 2. The molecule has 1 aromatic heterocycles. The van der Waals surface area contributed by atoms with Crippen LogP contribution in [0.5, 0.6) is 0 Å². The van der Waals surface area contributed by atoms with Gasteiger partial charge in [-0.1, -0.05) is 76.2 Å². The average molecular weight is 1450 g/mol. The molecular formula is C66H102N20O17. The van der Waals surface area contributed by atoms with E-state index in [1.165, 1.54) is 6.92 Å². The molecule has 2 aromatic carbocycles. The molecule has 103 heavy (non-hydrogen) atoms. The van der Waals surface area contributed by atoms with Gasteiger partial charge in [-0.3, -0.25) is 76.9 Å². The van der Waals surface area contributed by atoms with Crippen LogP contribution in [0.25, 0.3) is 10.9 Å². The molecule has 37 nitrogen and oxygen atoms in total. The lowest BCUT2D eigenvalue weighted by molar-refractivity contribution is -0.142. The molecule has 0 spiro atoms. The Balaban J connectivity index is 1.97. The molecule has 10 atom stereocenters. The van der Waals surface area contributed by atoms with Crippen LogP contribution in [0.4, 0.5) is 0 Å². The lowest BCUT2D eigenvalue weighted by Gasteiger charge is -2.28. The zero-order valence-electron chi connectivity index (χ0n) is 58.6. The van der Waals surface area contributed by atoms with Crippen molar-refractivity contribution in [2.75, 3.05) is 39.3 Å². The van der Waals surface area contributed by atoms with Crippen LogP contribution in [0.2, 0.25) is 0 Å². The minimum absolute atomic E-state index is 0.0103. The van der Waals surface area contributed by atoms with Crippen LogP contribution in [-0.2, 0) is 84.8 Å². The van der Waals surface area contributed by atoms with E-state index >= 15 is 0 Å². The number of nitrogens with zero attached hydrogens (tertiary/aromatic N) is 1. The number of para-hydroxylation sites is 1. The number of aliphatic carboxylic acids is 1. The molecule has 0 bridgehead atoms. The Kier molecular flexibility index (Phi) is 37.9. The van der Waals surface area contributed by atoms with Gasteiger partial charge in [-0.15, -0.1) is 0 Å². The topological polar surface area (TPSA) is 625 Å². The largest absolute Gasteiger partial charge is 0.480 e. The minimum atomic E-state index is -1.73. The van der Waals surface area contributed by atoms with Crippen molar-refractivity contribution in [2.24, 2.45) is 51.2 Å². The maximum Gasteiger partial charge on any atom is 0.325 e. The third-order valence-electron chi connectivity index (χ3n) is 15.7. The predicted molar refractivity (Wildman–Crippen MR) is 376 cm³/mol. The molecule has 1 heterocycles. The number of rotatable bonds is 48. The third kappa shape index (κ3) is 32.6. The van der Waals surface area contributed by atoms with Crippen LogP contribution in [0.1, 0.15) is 116 Å². The number of H-pyrrole nitrogens is 1. The van der Waals surface area contributed by atoms with Crippen LogP contribution >= 0.6 is 0 Å². The Bertz CT molecular complexity index is 3420. The van der Waals surface area contributed by atoms with Crippen LogP contribution in [0.3, 0.4) is 0 Å². The number of carboxylic acids is 1. The highest BCUT2D eigenvalue weighted by atomic mass is 16.4. The number of aromatic amines is 1. The van der Waals surface area contributed by atoms with E-state index in [0.717, 1.165) is 0 Å². The second-order valence-electron chi connectivity index (χ2n) is 25.4. The highest BCUT2D eigenvalue weighted by molar-refractivity contribution is 6.00. The number of nitrogens with one attached hydrogen (secondary N) is 13. The number of carbonyl (C=O) groups excluding carboxylic acids is 14. The quantitative estimate of drug-likeness (QED) is 0.0142. The number of aliphatic imine (C=N–C) groups is 1. The summed E-state index contributed by atoms with van der Waals surface area (Å²) in [4.78, 5) is 209. The number of hydrogen-bond donors (Lipinski definition) is 21. The lowest BCUT2D eigenvalue weighted by Crippen LogP contribution is -2.60. The van der Waals surface area contributed by atoms with E-state index in [4.69, 9.17) is 34.4 Å². The van der Waals surface area contributed by atoms with Gasteiger partial charge in [-0.2, -0.15) is 0 Å². The summed E-state index contributed by atoms with van der Waals surface area (Å²) in [5.74, 6) is -14.9. The first kappa shape index (κ1) is 86.4. The molecule has 37 heteroatoms. The predicted octanol–water partition coefficient (Wildman–Crippen LogP) is -6.11. The Labute approximate surface area is 595 Å². The van der Waals surface area contributed by atoms with Crippen molar-refractivity contribution in [1.29, 1.82) is 0 Å². The summed E-state index contributed by atoms with van der Waals surface area (Å²) in [5.41, 5.74) is 34.7. The van der Waals surface area contributed by atoms with E-state index in [1.54, 1.807) is 88.5 Å². The Hall–Kier alpha value is -10.8. The van der Waals surface area contributed by atoms with Crippen molar-refractivity contribution in [1.82, 2.24) is 68.8 Å². The van der Waals surface area contributed by atoms with E-state index in [0.29, 0.717) is 28.5 Å². The standard InChI is InChI=1S/C66H102N20O17/c1-35(2)26-46(78-54(91)33-76-57(94)50(34-87)80-53(90)30-68)61(98)85-47(27-36(3)4)62(99)81-42(18-11-12-24-67)59(96)86-49(29-39-31-74-41-17-10-9-16-40(39)41)64(101)84-45(21-23-52(70)89)60(97)83-44(20-22-51(69)88)56(93)75-32-55(92)79-48(28-38-14-7-6-8-15-38)63(100)82-43(19-13-25-73-66(71)72)58(95)77-37(5)65(102)103/h6-10,14-17,31,35-37,42-50,74,87H,11-13,18-30,32-34,67-68H2,1-5H3,(H2,69,88)(H2,70,89)(H,75,93)(H,76,94)(H,77,95)(H,78,91)(H,79,92)(H,80,90)(H,81,99)(H,82,100)(H,83,97)(H,84,101)(H,85,98)(H,86,96)(H,102,103)(H4,71,72,73)/t37-,42-,43-,44-,45-,46-,47-,48-,49-,50-/m0/s1. The number of aliphatic hydroxyl groups excluding tert-OH is 1. The summed E-state index contributed by atoms with van der Waals surface area (Å²) in [6.07, 6.45) is -0.217. The van der Waals surface area contributed by atoms with Gasteiger partial charge in [0.2, 0.25) is 82.7 Å². The van der Waals surface area contributed by atoms with Crippen LogP contribution in [0.15, 0.2) is 65.8 Å². The first-order chi connectivity index (χ1) is 48.7. The second-order valence-corrected chi connectivity index (χ2v) is 25.4. The number of fused-ring (bicyclic) bond motifs is 1. The average Bonchev–Trinajstić information content (AvgIpc) is 1.73. The number of amides is 14. The highest BCUT2D eigenvalue weighted by Crippen LogP contribution is 2.20. The van der Waals surface area contributed by atoms with Crippen molar-refractivity contribution >= 4 is 106 Å². The minimum Gasteiger partial charge on any atom is -0.480 e. The van der Waals surface area contributed by atoms with E-state index in [-0.39, 0.29) is 82.3 Å². The third-order valence-corrected chi connectivity index (χ3v) is 15.7. The first-order valence-electron chi connectivity index (χ1n) is 33.8. The Morgan fingerprint density at radius 1 is 0.456 bits per heavy atom. The summed E-state index contributed by atoms with van der Waals surface area (Å²) in [5, 5.41) is 49.6. The summed E-state index contributed by atoms with van der Waals surface area (Å²) in [6, 6.07) is 0.655. The number of carbonyl (C=O) groups is 15. The highest BCUT2D eigenvalue weighted by Gasteiger charge is 2.36. The molecule has 0 saturated heterocycles. The van der Waals surface area contributed by atoms with Crippen molar-refractivity contribution in [3.8, 4) is 0 Å². The number of primary amides is 2. The normalized spacial score (nSPS) is 14.0. The fourth-order valence-electron chi connectivity index (χ4n) is 10.4. The number of carboxylic acid groups (broad SMARTS) is 1. The van der Waals surface area contributed by atoms with E-state index in [9.17, 15) is 82.1 Å². The van der Waals surface area contributed by atoms with Crippen molar-refractivity contribution in [3.63, 3.8) is 0 Å². The SMILES string of the molecule is CC(C)C[C@H](NC(=O)CNC(=O)[C@H](CO)NC(=O)CN)C(=O)N[C@@H](CC(C)C)C(=O)N[C@@H](CCCCN)C(=O)N[C@@H](Cc1c[nH]c2ccccc12)C(=O)N[C@@H](CCC(N)=O)C(=O)N[C@@H](CCC(N)=O)C(=O)NCC(=O)N[C@@H](Cc1ccccc1)C(=O)N[C@@H](CCCN=C(N)N)C(=O)N[C@@H](C)C(=O)O. The number of unbranched alkanes of at least 4 members (excludes halogenated alkanes) is 1. The Morgan fingerprint density at radius 2 is 0.874 bits per heavy atom. The van der Waals surface area contributed by atoms with E-state index in [1.807, 2.05) is 0 Å². The molecule has 0 radical (unpaired) electrons. The van der Waals surface area contributed by atoms with Crippen LogP contribution in [-0.4, -0.2) is 210 Å². The number of nitrogens with two attached hydrogens (primary N) is 6. The number of aliphatic hydroxyl groups is 1. The zero-order chi connectivity index (χ0) is 76.9. The van der Waals surface area contributed by atoms with Crippen molar-refractivity contribution < 1.29 is 82.1 Å². The number of aromatic nitrogens is 1. The van der Waals surface area contributed by atoms with Gasteiger partial charge in [0.15, 0.2) is 5.96 Å².